The summed E-state index contributed by atoms with van der Waals surface area (Å²) < 4.78 is 6.01. The fourth-order valence-corrected chi connectivity index (χ4v) is 3.73. The number of aliphatic carboxylic acids is 2. The third-order valence-electron chi connectivity index (χ3n) is 4.72. The van der Waals surface area contributed by atoms with Gasteiger partial charge in [-0.1, -0.05) is 18.2 Å². The number of halogens is 1. The number of para-hydroxylation sites is 1. The van der Waals surface area contributed by atoms with Crippen molar-refractivity contribution >= 4 is 35.5 Å². The van der Waals surface area contributed by atoms with Crippen molar-refractivity contribution in [2.45, 2.75) is 18.1 Å². The van der Waals surface area contributed by atoms with E-state index < -0.39 is 47.4 Å². The molecule has 9 heteroatoms. The van der Waals surface area contributed by atoms with Crippen molar-refractivity contribution < 1.29 is 29.3 Å². The average molecular weight is 355 g/mol. The molecule has 4 N–H and O–H groups in total. The Hall–Kier alpha value is -2.32. The molecule has 2 aliphatic rings. The molecule has 2 saturated carbocycles. The Morgan fingerprint density at radius 2 is 1.88 bits per heavy atom. The molecular weight excluding hydrogens is 340 g/mol. The second-order valence-corrected chi connectivity index (χ2v) is 6.39. The predicted molar refractivity (Wildman–Crippen MR) is 82.3 cm³/mol. The summed E-state index contributed by atoms with van der Waals surface area (Å²) in [4.78, 5) is 34.8. The number of ether oxygens (including phenoxy) is 1. The van der Waals surface area contributed by atoms with E-state index >= 15 is 0 Å². The number of hydrogen-bond acceptors (Lipinski definition) is 5. The summed E-state index contributed by atoms with van der Waals surface area (Å²) in [6, 6.07) is 8.29. The molecule has 0 bridgehead atoms. The first-order valence-corrected chi connectivity index (χ1v) is 7.58. The van der Waals surface area contributed by atoms with Crippen LogP contribution < -0.4 is 10.2 Å². The third kappa shape index (κ3) is 2.47. The lowest BCUT2D eigenvalue weighted by atomic mass is 9.91. The van der Waals surface area contributed by atoms with Gasteiger partial charge >= 0.3 is 18.0 Å². The van der Waals surface area contributed by atoms with Gasteiger partial charge in [0.25, 0.3) is 0 Å². The molecule has 1 amide bonds. The smallest absolute Gasteiger partial charge is 0.429 e. The molecule has 24 heavy (non-hydrogen) atoms. The maximum atomic E-state index is 12.2. The number of anilines is 1. The highest BCUT2D eigenvalue weighted by Crippen LogP contribution is 2.62. The van der Waals surface area contributed by atoms with E-state index in [-0.39, 0.29) is 6.42 Å². The first-order valence-electron chi connectivity index (χ1n) is 7.24. The molecule has 2 fully saturated rings. The minimum atomic E-state index is -1.72. The number of benzene rings is 1. The normalized spacial score (nSPS) is 33.4. The first kappa shape index (κ1) is 16.5. The van der Waals surface area contributed by atoms with Crippen molar-refractivity contribution in [3.8, 4) is 0 Å². The van der Waals surface area contributed by atoms with Crippen molar-refractivity contribution in [2.75, 3.05) is 4.42 Å². The summed E-state index contributed by atoms with van der Waals surface area (Å²) in [5.74, 6) is -4.75. The van der Waals surface area contributed by atoms with Crippen molar-refractivity contribution in [1.29, 1.82) is 0 Å². The number of carboxylic acids is 2. The molecule has 0 aliphatic heterocycles. The fourth-order valence-electron chi connectivity index (χ4n) is 3.57. The Morgan fingerprint density at radius 3 is 2.42 bits per heavy atom. The van der Waals surface area contributed by atoms with Gasteiger partial charge in [0.1, 0.15) is 11.6 Å². The van der Waals surface area contributed by atoms with E-state index in [1.54, 1.807) is 30.3 Å². The lowest BCUT2D eigenvalue weighted by molar-refractivity contribution is -0.146. The topological polar surface area (TPSA) is 130 Å². The van der Waals surface area contributed by atoms with Crippen LogP contribution in [0, 0.1) is 17.8 Å². The van der Waals surface area contributed by atoms with Crippen molar-refractivity contribution in [3.63, 3.8) is 0 Å². The van der Waals surface area contributed by atoms with E-state index in [0.29, 0.717) is 5.69 Å². The zero-order valence-corrected chi connectivity index (χ0v) is 13.1. The second-order valence-electron chi connectivity index (χ2n) is 6.06. The highest BCUT2D eigenvalue weighted by molar-refractivity contribution is 6.35. The van der Waals surface area contributed by atoms with Crippen LogP contribution in [0.4, 0.5) is 10.5 Å². The molecule has 0 saturated heterocycles. The van der Waals surface area contributed by atoms with Gasteiger partial charge in [-0.3, -0.25) is 9.59 Å². The van der Waals surface area contributed by atoms with Crippen molar-refractivity contribution in [3.05, 3.63) is 30.3 Å². The number of rotatable bonds is 4. The third-order valence-corrected chi connectivity index (χ3v) is 5.05. The molecule has 1 aromatic carbocycles. The number of nitrogens with two attached hydrogens (primary N) is 1. The molecule has 3 rings (SSSR count). The molecule has 4 unspecified atom stereocenters. The zero-order valence-electron chi connectivity index (χ0n) is 12.3. The van der Waals surface area contributed by atoms with Crippen LogP contribution in [0.25, 0.3) is 0 Å². The number of hydrogen-bond donors (Lipinski definition) is 3. The predicted octanol–water partition coefficient (Wildman–Crippen LogP) is 1.28. The summed E-state index contributed by atoms with van der Waals surface area (Å²) in [6.45, 7) is 0. The van der Waals surface area contributed by atoms with Crippen LogP contribution >= 0.6 is 11.8 Å². The fraction of sp³-hybridized carbons (Fsp3) is 0.400. The van der Waals surface area contributed by atoms with E-state index in [9.17, 15) is 24.6 Å². The van der Waals surface area contributed by atoms with Crippen molar-refractivity contribution in [2.24, 2.45) is 23.5 Å². The van der Waals surface area contributed by atoms with Gasteiger partial charge in [0, 0.05) is 30.0 Å². The van der Waals surface area contributed by atoms with Crippen LogP contribution in [0.5, 0.6) is 0 Å². The van der Waals surface area contributed by atoms with Gasteiger partial charge in [-0.05, 0) is 12.1 Å². The number of carbonyl (C=O) groups is 3. The minimum Gasteiger partial charge on any atom is -0.481 e. The molecule has 5 atom stereocenters. The number of nitrogens with zero attached hydrogens (tertiary/aromatic N) is 1. The van der Waals surface area contributed by atoms with Gasteiger partial charge in [-0.25, -0.2) is 4.79 Å². The molecule has 0 radical (unpaired) electrons. The molecule has 128 valence electrons. The lowest BCUT2D eigenvalue weighted by Gasteiger charge is -2.25. The largest absolute Gasteiger partial charge is 0.481 e. The zero-order chi connectivity index (χ0) is 17.6. The average Bonchev–Trinajstić information content (AvgIpc) is 3.24. The lowest BCUT2D eigenvalue weighted by Crippen LogP contribution is -2.51. The quantitative estimate of drug-likeness (QED) is 0.694. The van der Waals surface area contributed by atoms with Gasteiger partial charge in [0.15, 0.2) is 0 Å². The van der Waals surface area contributed by atoms with E-state index in [1.165, 1.54) is 0 Å². The molecule has 1 aromatic rings. The van der Waals surface area contributed by atoms with Crippen LogP contribution in [0.1, 0.15) is 6.42 Å². The van der Waals surface area contributed by atoms with Crippen molar-refractivity contribution in [1.82, 2.24) is 0 Å². The first-order chi connectivity index (χ1) is 11.3. The van der Waals surface area contributed by atoms with Crippen LogP contribution in [-0.4, -0.2) is 39.9 Å². The molecule has 0 spiro atoms. The monoisotopic (exact) mass is 354 g/mol. The Labute approximate surface area is 141 Å². The molecular formula is C15H15ClN2O6. The van der Waals surface area contributed by atoms with E-state index in [0.717, 1.165) is 4.42 Å². The number of carboxylic acid groups (broad SMARTS) is 2. The van der Waals surface area contributed by atoms with Gasteiger partial charge in [-0.2, -0.15) is 4.42 Å². The standard InChI is InChI=1S/C15H15ClN2O6/c16-18(7-4-2-1-3-5-7)14(23)24-8-6-15(17,13(21)22)11-9(8)10(11)12(19)20/h1-5,8-11H,6,17H2,(H,19,20)(H,21,22)/t8?,9?,10-,11?,15?/m0/s1. The summed E-state index contributed by atoms with van der Waals surface area (Å²) >= 11 is 5.92. The van der Waals surface area contributed by atoms with Gasteiger partial charge in [0.05, 0.1) is 11.6 Å². The van der Waals surface area contributed by atoms with E-state index in [2.05, 4.69) is 0 Å². The van der Waals surface area contributed by atoms with Gasteiger partial charge < -0.3 is 20.7 Å². The maximum Gasteiger partial charge on any atom is 0.429 e. The van der Waals surface area contributed by atoms with Crippen LogP contribution in [0.15, 0.2) is 30.3 Å². The molecule has 0 aromatic heterocycles. The minimum absolute atomic E-state index is 0.146. The van der Waals surface area contributed by atoms with E-state index in [4.69, 9.17) is 22.2 Å². The number of carbonyl (C=O) groups excluding carboxylic acids is 1. The molecule has 8 nitrogen and oxygen atoms in total. The van der Waals surface area contributed by atoms with Crippen LogP contribution in [0.3, 0.4) is 0 Å². The summed E-state index contributed by atoms with van der Waals surface area (Å²) in [5, 5.41) is 18.5. The summed E-state index contributed by atoms with van der Waals surface area (Å²) in [6.07, 6.45) is -1.96. The molecule has 0 heterocycles. The maximum absolute atomic E-state index is 12.2. The Balaban J connectivity index is 1.75. The summed E-state index contributed by atoms with van der Waals surface area (Å²) in [7, 11) is 0. The Kier molecular flexibility index (Phi) is 3.89. The highest BCUT2D eigenvalue weighted by atomic mass is 35.5. The van der Waals surface area contributed by atoms with Gasteiger partial charge in [0.2, 0.25) is 0 Å². The SMILES string of the molecule is NC1(C(=O)O)CC(OC(=O)N(Cl)c2ccccc2)C2C1[C@H]2C(=O)O. The Bertz CT molecular complexity index is 698. The second kappa shape index (κ2) is 5.64. The Morgan fingerprint density at radius 1 is 1.25 bits per heavy atom. The van der Waals surface area contributed by atoms with Gasteiger partial charge in [-0.15, -0.1) is 0 Å². The summed E-state index contributed by atoms with van der Waals surface area (Å²) in [5.41, 5.74) is 4.52. The highest BCUT2D eigenvalue weighted by Gasteiger charge is 2.75. The van der Waals surface area contributed by atoms with Crippen LogP contribution in [0.2, 0.25) is 0 Å². The number of fused-ring (bicyclic) bond motifs is 1. The van der Waals surface area contributed by atoms with E-state index in [1.807, 2.05) is 0 Å². The number of amides is 1. The van der Waals surface area contributed by atoms with Crippen LogP contribution in [-0.2, 0) is 14.3 Å². The molecule has 2 aliphatic carbocycles.